The topological polar surface area (TPSA) is 41.6 Å². The fourth-order valence-corrected chi connectivity index (χ4v) is 1.64. The minimum absolute atomic E-state index is 0.329. The minimum atomic E-state index is 0.329. The summed E-state index contributed by atoms with van der Waals surface area (Å²) in [5.74, 6) is 1.16. The lowest BCUT2D eigenvalue weighted by Gasteiger charge is -2.39. The molecule has 0 unspecified atom stereocenters. The number of aliphatic imine (C=N–C) groups is 1. The third-order valence-corrected chi connectivity index (χ3v) is 2.41. The van der Waals surface area contributed by atoms with E-state index in [9.17, 15) is 0 Å². The molecule has 1 heterocycles. The highest BCUT2D eigenvalue weighted by molar-refractivity contribution is 5.84. The number of hydrogen-bond acceptors (Lipinski definition) is 2. The van der Waals surface area contributed by atoms with Crippen LogP contribution >= 0.6 is 0 Å². The van der Waals surface area contributed by atoms with E-state index in [1.54, 1.807) is 6.08 Å². The Morgan fingerprint density at radius 1 is 1.60 bits per heavy atom. The molecule has 0 aromatic carbocycles. The van der Waals surface area contributed by atoms with Gasteiger partial charge in [-0.1, -0.05) is 19.6 Å². The highest BCUT2D eigenvalue weighted by Gasteiger charge is 2.25. The first-order valence-electron chi connectivity index (χ1n) is 5.54. The van der Waals surface area contributed by atoms with Crippen LogP contribution < -0.4 is 5.73 Å². The molecule has 0 aliphatic carbocycles. The molecule has 1 aliphatic heterocycles. The molecule has 1 aliphatic rings. The molecule has 3 nitrogen and oxygen atoms in total. The minimum Gasteiger partial charge on any atom is -0.357 e. The SMILES string of the molecule is C=C/C=C(C)\N=C(/CCC)N1CC(N)C1. The second-order valence-corrected chi connectivity index (χ2v) is 3.99. The number of allylic oxidation sites excluding steroid dienone is 3. The van der Waals surface area contributed by atoms with Gasteiger partial charge in [0.05, 0.1) is 0 Å². The van der Waals surface area contributed by atoms with Crippen molar-refractivity contribution in [3.8, 4) is 0 Å². The predicted molar refractivity (Wildman–Crippen MR) is 65.8 cm³/mol. The zero-order valence-corrected chi connectivity index (χ0v) is 9.74. The summed E-state index contributed by atoms with van der Waals surface area (Å²) in [6.07, 6.45) is 5.83. The number of nitrogens with zero attached hydrogens (tertiary/aromatic N) is 2. The maximum Gasteiger partial charge on any atom is 0.104 e. The van der Waals surface area contributed by atoms with Gasteiger partial charge in [-0.3, -0.25) is 0 Å². The molecular formula is C12H21N3. The van der Waals surface area contributed by atoms with Crippen molar-refractivity contribution in [1.82, 2.24) is 4.90 Å². The largest absolute Gasteiger partial charge is 0.357 e. The number of nitrogens with two attached hydrogens (primary N) is 1. The van der Waals surface area contributed by atoms with Gasteiger partial charge in [0.25, 0.3) is 0 Å². The Labute approximate surface area is 92.4 Å². The molecule has 0 bridgehead atoms. The normalized spacial score (nSPS) is 19.0. The molecule has 0 amide bonds. The van der Waals surface area contributed by atoms with Gasteiger partial charge in [0.2, 0.25) is 0 Å². The molecule has 0 spiro atoms. The Hall–Kier alpha value is -1.09. The standard InChI is InChI=1S/C12H21N3/c1-4-6-10(3)14-12(7-5-2)15-8-11(13)9-15/h4,6,11H,1,5,7-9,13H2,2-3H3/b10-6-,14-12+. The second-order valence-electron chi connectivity index (χ2n) is 3.99. The molecular weight excluding hydrogens is 186 g/mol. The fourth-order valence-electron chi connectivity index (χ4n) is 1.64. The van der Waals surface area contributed by atoms with Gasteiger partial charge >= 0.3 is 0 Å². The van der Waals surface area contributed by atoms with E-state index in [1.807, 2.05) is 13.0 Å². The summed E-state index contributed by atoms with van der Waals surface area (Å²) >= 11 is 0. The summed E-state index contributed by atoms with van der Waals surface area (Å²) in [6, 6.07) is 0.329. The molecule has 84 valence electrons. The first-order valence-corrected chi connectivity index (χ1v) is 5.54. The maximum absolute atomic E-state index is 5.76. The highest BCUT2D eigenvalue weighted by atomic mass is 15.3. The Balaban J connectivity index is 2.64. The number of likely N-dealkylation sites (tertiary alicyclic amines) is 1. The summed E-state index contributed by atoms with van der Waals surface area (Å²) in [5.41, 5.74) is 6.77. The molecule has 3 heteroatoms. The molecule has 0 aromatic heterocycles. The molecule has 0 atom stereocenters. The molecule has 1 rings (SSSR count). The quantitative estimate of drug-likeness (QED) is 0.435. The average molecular weight is 207 g/mol. The van der Waals surface area contributed by atoms with Crippen molar-refractivity contribution < 1.29 is 0 Å². The van der Waals surface area contributed by atoms with Gasteiger partial charge in [0.15, 0.2) is 0 Å². The van der Waals surface area contributed by atoms with Crippen molar-refractivity contribution >= 4 is 5.84 Å². The van der Waals surface area contributed by atoms with E-state index in [0.717, 1.165) is 37.5 Å². The number of hydrogen-bond donors (Lipinski definition) is 1. The molecule has 1 saturated heterocycles. The maximum atomic E-state index is 5.76. The average Bonchev–Trinajstić information content (AvgIpc) is 2.13. The van der Waals surface area contributed by atoms with Gasteiger partial charge in [0.1, 0.15) is 5.84 Å². The lowest BCUT2D eigenvalue weighted by molar-refractivity contribution is 0.249. The van der Waals surface area contributed by atoms with Crippen molar-refractivity contribution in [1.29, 1.82) is 0 Å². The van der Waals surface area contributed by atoms with Crippen LogP contribution in [0.1, 0.15) is 26.7 Å². The van der Waals surface area contributed by atoms with Gasteiger partial charge in [0, 0.05) is 31.2 Å². The highest BCUT2D eigenvalue weighted by Crippen LogP contribution is 2.12. The molecule has 0 aromatic rings. The van der Waals surface area contributed by atoms with E-state index in [1.165, 1.54) is 0 Å². The molecule has 0 saturated carbocycles. The molecule has 0 radical (unpaired) electrons. The van der Waals surface area contributed by atoms with Crippen LogP contribution in [0, 0.1) is 0 Å². The van der Waals surface area contributed by atoms with Crippen molar-refractivity contribution in [2.75, 3.05) is 13.1 Å². The van der Waals surface area contributed by atoms with E-state index < -0.39 is 0 Å². The number of amidine groups is 1. The van der Waals surface area contributed by atoms with Crippen LogP contribution in [0.15, 0.2) is 29.4 Å². The molecule has 15 heavy (non-hydrogen) atoms. The van der Waals surface area contributed by atoms with Gasteiger partial charge in [-0.25, -0.2) is 4.99 Å². The van der Waals surface area contributed by atoms with Crippen LogP contribution in [0.3, 0.4) is 0 Å². The van der Waals surface area contributed by atoms with E-state index in [4.69, 9.17) is 5.73 Å². The van der Waals surface area contributed by atoms with Crippen molar-refractivity contribution in [2.24, 2.45) is 10.7 Å². The summed E-state index contributed by atoms with van der Waals surface area (Å²) in [5, 5.41) is 0. The van der Waals surface area contributed by atoms with Crippen LogP contribution in [0.4, 0.5) is 0 Å². The Bertz CT molecular complexity index is 273. The van der Waals surface area contributed by atoms with Gasteiger partial charge in [-0.15, -0.1) is 0 Å². The van der Waals surface area contributed by atoms with Crippen LogP contribution in [0.2, 0.25) is 0 Å². The van der Waals surface area contributed by atoms with Crippen molar-refractivity contribution in [3.05, 3.63) is 24.4 Å². The number of rotatable bonds is 4. The monoisotopic (exact) mass is 207 g/mol. The Morgan fingerprint density at radius 3 is 2.73 bits per heavy atom. The van der Waals surface area contributed by atoms with E-state index in [2.05, 4.69) is 23.4 Å². The summed E-state index contributed by atoms with van der Waals surface area (Å²) < 4.78 is 0. The third kappa shape index (κ3) is 3.51. The van der Waals surface area contributed by atoms with E-state index in [0.29, 0.717) is 6.04 Å². The van der Waals surface area contributed by atoms with Crippen LogP contribution in [0.5, 0.6) is 0 Å². The lowest BCUT2D eigenvalue weighted by atomic mass is 10.1. The van der Waals surface area contributed by atoms with Gasteiger partial charge < -0.3 is 10.6 Å². The van der Waals surface area contributed by atoms with E-state index in [-0.39, 0.29) is 0 Å². The molecule has 1 fully saturated rings. The van der Waals surface area contributed by atoms with Crippen LogP contribution in [-0.4, -0.2) is 29.9 Å². The summed E-state index contributed by atoms with van der Waals surface area (Å²) in [4.78, 5) is 6.85. The molecule has 2 N–H and O–H groups in total. The van der Waals surface area contributed by atoms with Crippen LogP contribution in [-0.2, 0) is 0 Å². The van der Waals surface area contributed by atoms with Gasteiger partial charge in [-0.2, -0.15) is 0 Å². The van der Waals surface area contributed by atoms with Crippen molar-refractivity contribution in [3.63, 3.8) is 0 Å². The zero-order chi connectivity index (χ0) is 11.3. The van der Waals surface area contributed by atoms with Crippen molar-refractivity contribution in [2.45, 2.75) is 32.7 Å². The summed E-state index contributed by atoms with van der Waals surface area (Å²) in [7, 11) is 0. The zero-order valence-electron chi connectivity index (χ0n) is 9.74. The fraction of sp³-hybridized carbons (Fsp3) is 0.583. The smallest absolute Gasteiger partial charge is 0.104 e. The predicted octanol–water partition coefficient (Wildman–Crippen LogP) is 1.92. The Morgan fingerprint density at radius 2 is 2.27 bits per heavy atom. The first kappa shape index (κ1) is 12.0. The van der Waals surface area contributed by atoms with E-state index >= 15 is 0 Å². The second kappa shape index (κ2) is 5.71. The Kier molecular flexibility index (Phi) is 4.56. The lowest BCUT2D eigenvalue weighted by Crippen LogP contribution is -2.57. The van der Waals surface area contributed by atoms with Crippen LogP contribution in [0.25, 0.3) is 0 Å². The van der Waals surface area contributed by atoms with Gasteiger partial charge in [-0.05, 0) is 19.4 Å². The summed E-state index contributed by atoms with van der Waals surface area (Å²) in [6.45, 7) is 9.72. The third-order valence-electron chi connectivity index (χ3n) is 2.41. The first-order chi connectivity index (χ1) is 7.17.